The van der Waals surface area contributed by atoms with E-state index in [1.165, 1.54) is 5.75 Å². The van der Waals surface area contributed by atoms with Crippen LogP contribution in [0.25, 0.3) is 0 Å². The van der Waals surface area contributed by atoms with Crippen LogP contribution < -0.4 is 10.6 Å². The molecule has 0 bridgehead atoms. The molecule has 6 nitrogen and oxygen atoms in total. The summed E-state index contributed by atoms with van der Waals surface area (Å²) in [5.41, 5.74) is 0. The highest BCUT2D eigenvalue weighted by Gasteiger charge is 2.35. The average Bonchev–Trinajstić information content (AvgIpc) is 2.86. The number of carboxylic acids is 1. The number of hydrogen-bond acceptors (Lipinski definition) is 5. The van der Waals surface area contributed by atoms with Gasteiger partial charge < -0.3 is 20.5 Å². The van der Waals surface area contributed by atoms with Crippen LogP contribution in [0.2, 0.25) is 0 Å². The van der Waals surface area contributed by atoms with Crippen molar-refractivity contribution >= 4 is 35.5 Å². The largest absolute Gasteiger partial charge is 0.481 e. The van der Waals surface area contributed by atoms with E-state index in [4.69, 9.17) is 9.84 Å². The number of amides is 2. The summed E-state index contributed by atoms with van der Waals surface area (Å²) in [5, 5.41) is 14.9. The van der Waals surface area contributed by atoms with Crippen LogP contribution in [0.5, 0.6) is 0 Å². The van der Waals surface area contributed by atoms with E-state index in [0.717, 1.165) is 11.5 Å². The molecule has 8 heteroatoms. The fourth-order valence-corrected chi connectivity index (χ4v) is 4.63. The summed E-state index contributed by atoms with van der Waals surface area (Å²) in [6.45, 7) is 1.04. The number of nitrogens with one attached hydrogen (secondary N) is 2. The Kier molecular flexibility index (Phi) is 5.65. The van der Waals surface area contributed by atoms with Crippen molar-refractivity contribution in [3.8, 4) is 0 Å². The second-order valence-corrected chi connectivity index (χ2v) is 7.07. The third-order valence-electron chi connectivity index (χ3n) is 3.09. The molecule has 0 spiro atoms. The molecule has 0 aliphatic carbocycles. The topological polar surface area (TPSA) is 87.7 Å². The van der Waals surface area contributed by atoms with Crippen molar-refractivity contribution in [3.05, 3.63) is 0 Å². The standard InChI is InChI=1S/C11H18N2O4S2/c14-10(15)8-4-17-5-9(8)13-11(16)12-3-7-6-18-1-2-19-7/h7-9H,1-6H2,(H,14,15)(H2,12,13,16). The number of ether oxygens (including phenoxy) is 1. The summed E-state index contributed by atoms with van der Waals surface area (Å²) in [5.74, 6) is 1.77. The van der Waals surface area contributed by atoms with Gasteiger partial charge in [-0.05, 0) is 0 Å². The van der Waals surface area contributed by atoms with Gasteiger partial charge in [0.25, 0.3) is 0 Å². The molecule has 0 aromatic heterocycles. The molecule has 2 aliphatic rings. The van der Waals surface area contributed by atoms with Crippen LogP contribution >= 0.6 is 23.5 Å². The van der Waals surface area contributed by atoms with Crippen LogP contribution in [0.4, 0.5) is 4.79 Å². The number of carboxylic acid groups (broad SMARTS) is 1. The maximum Gasteiger partial charge on any atom is 0.315 e. The maximum absolute atomic E-state index is 11.7. The minimum Gasteiger partial charge on any atom is -0.481 e. The summed E-state index contributed by atoms with van der Waals surface area (Å²) in [4.78, 5) is 22.7. The van der Waals surface area contributed by atoms with Gasteiger partial charge in [0, 0.05) is 29.1 Å². The van der Waals surface area contributed by atoms with Gasteiger partial charge in [0.1, 0.15) is 5.92 Å². The normalized spacial score (nSPS) is 30.8. The summed E-state index contributed by atoms with van der Waals surface area (Å²) in [6.07, 6.45) is 0. The van der Waals surface area contributed by atoms with E-state index in [9.17, 15) is 9.59 Å². The summed E-state index contributed by atoms with van der Waals surface area (Å²) < 4.78 is 5.10. The van der Waals surface area contributed by atoms with Crippen molar-refractivity contribution in [2.75, 3.05) is 37.0 Å². The van der Waals surface area contributed by atoms with Gasteiger partial charge in [-0.2, -0.15) is 23.5 Å². The van der Waals surface area contributed by atoms with Gasteiger partial charge in [-0.3, -0.25) is 4.79 Å². The quantitative estimate of drug-likeness (QED) is 0.689. The van der Waals surface area contributed by atoms with Gasteiger partial charge in [-0.15, -0.1) is 0 Å². The lowest BCUT2D eigenvalue weighted by Crippen LogP contribution is -2.48. The predicted octanol–water partition coefficient (Wildman–Crippen LogP) is 0.234. The zero-order chi connectivity index (χ0) is 13.7. The first kappa shape index (κ1) is 14.8. The van der Waals surface area contributed by atoms with Crippen molar-refractivity contribution in [1.29, 1.82) is 0 Å². The first-order valence-electron chi connectivity index (χ1n) is 6.21. The second kappa shape index (κ2) is 7.25. The molecule has 2 rings (SSSR count). The number of aliphatic carboxylic acids is 1. The molecule has 2 aliphatic heterocycles. The minimum atomic E-state index is -0.929. The molecule has 2 fully saturated rings. The van der Waals surface area contributed by atoms with Crippen molar-refractivity contribution in [2.24, 2.45) is 5.92 Å². The van der Waals surface area contributed by atoms with E-state index < -0.39 is 17.9 Å². The Morgan fingerprint density at radius 3 is 2.84 bits per heavy atom. The maximum atomic E-state index is 11.7. The van der Waals surface area contributed by atoms with Gasteiger partial charge in [0.2, 0.25) is 0 Å². The van der Waals surface area contributed by atoms with Crippen LogP contribution in [-0.4, -0.2) is 65.4 Å². The third-order valence-corrected chi connectivity index (χ3v) is 5.93. The Balaban J connectivity index is 1.70. The molecule has 2 saturated heterocycles. The number of carbonyl (C=O) groups is 2. The van der Waals surface area contributed by atoms with E-state index in [-0.39, 0.29) is 19.2 Å². The Hall–Kier alpha value is -0.600. The molecular formula is C11H18N2O4S2. The summed E-state index contributed by atoms with van der Waals surface area (Å²) in [6, 6.07) is -0.746. The van der Waals surface area contributed by atoms with Crippen LogP contribution in [0.15, 0.2) is 0 Å². The van der Waals surface area contributed by atoms with Crippen molar-refractivity contribution < 1.29 is 19.4 Å². The first-order valence-corrected chi connectivity index (χ1v) is 8.41. The molecular weight excluding hydrogens is 288 g/mol. The molecule has 0 aromatic carbocycles. The number of carbonyl (C=O) groups excluding carboxylic acids is 1. The monoisotopic (exact) mass is 306 g/mol. The smallest absolute Gasteiger partial charge is 0.315 e. The van der Waals surface area contributed by atoms with Crippen molar-refractivity contribution in [1.82, 2.24) is 10.6 Å². The Morgan fingerprint density at radius 2 is 2.16 bits per heavy atom. The summed E-state index contributed by atoms with van der Waals surface area (Å²) >= 11 is 3.77. The van der Waals surface area contributed by atoms with E-state index in [1.807, 2.05) is 23.5 Å². The van der Waals surface area contributed by atoms with Gasteiger partial charge in [-0.25, -0.2) is 4.79 Å². The molecule has 3 N–H and O–H groups in total. The Labute approximate surface area is 120 Å². The Morgan fingerprint density at radius 1 is 1.32 bits per heavy atom. The van der Waals surface area contributed by atoms with Gasteiger partial charge in [0.15, 0.2) is 0 Å². The van der Waals surface area contributed by atoms with E-state index in [1.54, 1.807) is 0 Å². The van der Waals surface area contributed by atoms with Crippen LogP contribution in [0.1, 0.15) is 0 Å². The second-order valence-electron chi connectivity index (χ2n) is 4.51. The van der Waals surface area contributed by atoms with Crippen LogP contribution in [-0.2, 0) is 9.53 Å². The fourth-order valence-electron chi connectivity index (χ4n) is 2.02. The van der Waals surface area contributed by atoms with E-state index >= 15 is 0 Å². The SMILES string of the molecule is O=C(NCC1CSCCS1)NC1COCC1C(=O)O. The minimum absolute atomic E-state index is 0.162. The highest BCUT2D eigenvalue weighted by molar-refractivity contribution is 8.06. The highest BCUT2D eigenvalue weighted by Crippen LogP contribution is 2.23. The lowest BCUT2D eigenvalue weighted by molar-refractivity contribution is -0.142. The average molecular weight is 306 g/mol. The lowest BCUT2D eigenvalue weighted by Gasteiger charge is -2.22. The van der Waals surface area contributed by atoms with Crippen LogP contribution in [0, 0.1) is 5.92 Å². The molecule has 108 valence electrons. The van der Waals surface area contributed by atoms with E-state index in [2.05, 4.69) is 10.6 Å². The van der Waals surface area contributed by atoms with Crippen molar-refractivity contribution in [2.45, 2.75) is 11.3 Å². The third kappa shape index (κ3) is 4.47. The van der Waals surface area contributed by atoms with Gasteiger partial charge in [0.05, 0.1) is 19.3 Å². The molecule has 3 atom stereocenters. The first-order chi connectivity index (χ1) is 9.16. The van der Waals surface area contributed by atoms with Gasteiger partial charge >= 0.3 is 12.0 Å². The lowest BCUT2D eigenvalue weighted by atomic mass is 10.0. The molecule has 0 radical (unpaired) electrons. The van der Waals surface area contributed by atoms with E-state index in [0.29, 0.717) is 11.8 Å². The van der Waals surface area contributed by atoms with Crippen molar-refractivity contribution in [3.63, 3.8) is 0 Å². The van der Waals surface area contributed by atoms with Crippen LogP contribution in [0.3, 0.4) is 0 Å². The predicted molar refractivity (Wildman–Crippen MR) is 75.8 cm³/mol. The molecule has 2 heterocycles. The molecule has 2 amide bonds. The number of hydrogen-bond donors (Lipinski definition) is 3. The zero-order valence-corrected chi connectivity index (χ0v) is 12.1. The number of urea groups is 1. The fraction of sp³-hybridized carbons (Fsp3) is 0.818. The molecule has 0 saturated carbocycles. The zero-order valence-electron chi connectivity index (χ0n) is 10.5. The highest BCUT2D eigenvalue weighted by atomic mass is 32.2. The molecule has 19 heavy (non-hydrogen) atoms. The number of rotatable bonds is 4. The summed E-state index contributed by atoms with van der Waals surface area (Å²) in [7, 11) is 0. The van der Waals surface area contributed by atoms with Gasteiger partial charge in [-0.1, -0.05) is 0 Å². The molecule has 0 aromatic rings. The number of thioether (sulfide) groups is 2. The Bertz CT molecular complexity index is 337. The molecule has 3 unspecified atom stereocenters.